The van der Waals surface area contributed by atoms with E-state index in [0.29, 0.717) is 48.9 Å². The van der Waals surface area contributed by atoms with Crippen molar-refractivity contribution in [3.05, 3.63) is 24.3 Å². The molecule has 29 heavy (non-hydrogen) atoms. The van der Waals surface area contributed by atoms with Gasteiger partial charge < -0.3 is 9.84 Å². The molecular weight excluding hydrogens is 364 g/mol. The van der Waals surface area contributed by atoms with E-state index < -0.39 is 16.4 Å². The Labute approximate surface area is 172 Å². The van der Waals surface area contributed by atoms with Gasteiger partial charge in [-0.05, 0) is 49.9 Å². The van der Waals surface area contributed by atoms with E-state index in [4.69, 9.17) is 4.74 Å². The Balaban J connectivity index is 1.56. The predicted molar refractivity (Wildman–Crippen MR) is 108 cm³/mol. The molecule has 9 atom stereocenters. The Morgan fingerprint density at radius 3 is 2.62 bits per heavy atom. The third kappa shape index (κ3) is 1.62. The van der Waals surface area contributed by atoms with Gasteiger partial charge in [0.25, 0.3) is 0 Å². The van der Waals surface area contributed by atoms with Crippen LogP contribution in [0.4, 0.5) is 0 Å². The number of hydrogen-bond acceptors (Lipinski definition) is 4. The molecule has 1 aliphatic heterocycles. The molecule has 0 unspecified atom stereocenters. The molecule has 1 N–H and O–H groups in total. The molecule has 1 saturated heterocycles. The predicted octanol–water partition coefficient (Wildman–Crippen LogP) is 3.83. The quantitative estimate of drug-likeness (QED) is 0.416. The normalized spacial score (nSPS) is 59.2. The minimum Gasteiger partial charge on any atom is -0.458 e. The Morgan fingerprint density at radius 1 is 1.24 bits per heavy atom. The highest BCUT2D eigenvalue weighted by Crippen LogP contribution is 2.87. The fraction of sp³-hybridized carbons (Fsp3) is 0.760. The molecule has 5 aliphatic carbocycles. The Hall–Kier alpha value is -1.42. The summed E-state index contributed by atoms with van der Waals surface area (Å²) in [5, 5.41) is 11.8. The van der Waals surface area contributed by atoms with Crippen molar-refractivity contribution in [2.24, 2.45) is 45.3 Å². The Kier molecular flexibility index (Phi) is 3.00. The molecule has 0 aromatic carbocycles. The summed E-state index contributed by atoms with van der Waals surface area (Å²) in [7, 11) is 0. The van der Waals surface area contributed by atoms with E-state index >= 15 is 0 Å². The van der Waals surface area contributed by atoms with Crippen molar-refractivity contribution < 1.29 is 19.4 Å². The van der Waals surface area contributed by atoms with Gasteiger partial charge in [0.15, 0.2) is 0 Å². The molecule has 4 nitrogen and oxygen atoms in total. The van der Waals surface area contributed by atoms with Crippen molar-refractivity contribution in [1.29, 1.82) is 0 Å². The number of aliphatic hydroxyl groups is 1. The maximum absolute atomic E-state index is 13.8. The third-order valence-electron chi connectivity index (χ3n) is 10.9. The summed E-state index contributed by atoms with van der Waals surface area (Å²) in [4.78, 5) is 26.2. The molecule has 1 heterocycles. The van der Waals surface area contributed by atoms with E-state index in [0.717, 1.165) is 6.42 Å². The van der Waals surface area contributed by atoms with Crippen LogP contribution in [-0.4, -0.2) is 28.6 Å². The summed E-state index contributed by atoms with van der Waals surface area (Å²) in [5.74, 6) is 0.852. The summed E-state index contributed by atoms with van der Waals surface area (Å²) in [6.45, 7) is 12.7. The number of Topliss-reactive ketones (excluding diaryl/α,β-unsaturated/α-hetero) is 1. The number of carbonyl (C=O) groups is 2. The lowest BCUT2D eigenvalue weighted by atomic mass is 9.58. The van der Waals surface area contributed by atoms with Crippen LogP contribution in [0.15, 0.2) is 24.3 Å². The molecule has 6 rings (SSSR count). The van der Waals surface area contributed by atoms with Gasteiger partial charge in [0.1, 0.15) is 11.9 Å². The zero-order valence-electron chi connectivity index (χ0n) is 18.0. The third-order valence-corrected chi connectivity index (χ3v) is 10.9. The topological polar surface area (TPSA) is 63.6 Å². The fourth-order valence-electron chi connectivity index (χ4n) is 9.16. The molecule has 0 radical (unpaired) electrons. The molecule has 4 saturated carbocycles. The van der Waals surface area contributed by atoms with Gasteiger partial charge >= 0.3 is 5.97 Å². The van der Waals surface area contributed by atoms with Gasteiger partial charge in [-0.15, -0.1) is 0 Å². The second-order valence-electron chi connectivity index (χ2n) is 11.8. The average Bonchev–Trinajstić information content (AvgIpc) is 3.02. The SMILES string of the molecule is C=C1C(=O)O[C@@H]2[C@@H]3[C@@]4(C=C[C@@]3(C)[C@@]3(C4)C(=O)C[C@]4(C(C)C)C[C@@H]43)[C@@](C)(O)CC[C@@H]12. The van der Waals surface area contributed by atoms with Crippen LogP contribution >= 0.6 is 0 Å². The number of rotatable bonds is 1. The van der Waals surface area contributed by atoms with Crippen LogP contribution in [0.1, 0.15) is 59.8 Å². The highest BCUT2D eigenvalue weighted by molar-refractivity contribution is 5.94. The zero-order valence-corrected chi connectivity index (χ0v) is 18.0. The number of fused-ring (bicyclic) bond motifs is 4. The summed E-state index contributed by atoms with van der Waals surface area (Å²) < 4.78 is 5.96. The van der Waals surface area contributed by atoms with Crippen molar-refractivity contribution in [3.8, 4) is 0 Å². The Morgan fingerprint density at radius 2 is 1.97 bits per heavy atom. The van der Waals surface area contributed by atoms with Gasteiger partial charge in [0.05, 0.1) is 5.60 Å². The number of esters is 1. The van der Waals surface area contributed by atoms with Gasteiger partial charge in [0.2, 0.25) is 0 Å². The first-order valence-corrected chi connectivity index (χ1v) is 11.3. The minimum atomic E-state index is -0.926. The van der Waals surface area contributed by atoms with Crippen LogP contribution in [0.5, 0.6) is 0 Å². The molecule has 0 aromatic heterocycles. The van der Waals surface area contributed by atoms with Crippen LogP contribution in [0.25, 0.3) is 0 Å². The van der Waals surface area contributed by atoms with E-state index in [9.17, 15) is 14.7 Å². The molecule has 6 aliphatic rings. The number of ketones is 1. The lowest BCUT2D eigenvalue weighted by Crippen LogP contribution is -2.49. The number of allylic oxidation sites excluding steroid dienone is 1. The van der Waals surface area contributed by atoms with Gasteiger partial charge in [-0.25, -0.2) is 4.79 Å². The first kappa shape index (κ1) is 18.4. The second kappa shape index (κ2) is 4.74. The first-order valence-electron chi connectivity index (χ1n) is 11.3. The minimum absolute atomic E-state index is 0.0548. The van der Waals surface area contributed by atoms with E-state index in [-0.39, 0.29) is 34.7 Å². The van der Waals surface area contributed by atoms with Gasteiger partial charge in [-0.2, -0.15) is 0 Å². The number of hydrogen-bond donors (Lipinski definition) is 1. The monoisotopic (exact) mass is 396 g/mol. The largest absolute Gasteiger partial charge is 0.458 e. The molecule has 0 aromatic rings. The van der Waals surface area contributed by atoms with E-state index in [1.165, 1.54) is 0 Å². The lowest BCUT2D eigenvalue weighted by Gasteiger charge is -2.44. The fourth-order valence-corrected chi connectivity index (χ4v) is 9.16. The summed E-state index contributed by atoms with van der Waals surface area (Å²) in [6.07, 6.45) is 7.95. The summed E-state index contributed by atoms with van der Waals surface area (Å²) >= 11 is 0. The maximum Gasteiger partial charge on any atom is 0.334 e. The standard InChI is InChI=1S/C25H32O4/c1-13(2)23-10-16(23)25(17(26)11-23)12-24-9-8-21(25,4)19(24)18-15(6-7-22(24,5)28)14(3)20(27)29-18/h8-9,13,15-16,18-19,28H,3,6-7,10-12H2,1-2,4-5H3/t15-,16-,18-,19-,21+,22-,23-,24-,25+/m0/s1. The van der Waals surface area contributed by atoms with Gasteiger partial charge in [-0.3, -0.25) is 4.79 Å². The van der Waals surface area contributed by atoms with Crippen LogP contribution in [0.2, 0.25) is 0 Å². The van der Waals surface area contributed by atoms with Crippen molar-refractivity contribution in [3.63, 3.8) is 0 Å². The number of ether oxygens (including phenoxy) is 1. The zero-order chi connectivity index (χ0) is 20.8. The van der Waals surface area contributed by atoms with Crippen molar-refractivity contribution in [2.75, 3.05) is 0 Å². The molecule has 156 valence electrons. The van der Waals surface area contributed by atoms with Crippen LogP contribution in [0.3, 0.4) is 0 Å². The smallest absolute Gasteiger partial charge is 0.334 e. The van der Waals surface area contributed by atoms with E-state index in [2.05, 4.69) is 39.5 Å². The van der Waals surface area contributed by atoms with E-state index in [1.807, 2.05) is 6.92 Å². The van der Waals surface area contributed by atoms with Crippen LogP contribution in [0, 0.1) is 45.3 Å². The van der Waals surface area contributed by atoms with Gasteiger partial charge in [0, 0.05) is 40.1 Å². The molecule has 5 fully saturated rings. The number of carbonyl (C=O) groups excluding carboxylic acids is 2. The van der Waals surface area contributed by atoms with Crippen molar-refractivity contribution in [2.45, 2.75) is 71.5 Å². The molecule has 4 heteroatoms. The van der Waals surface area contributed by atoms with Crippen LogP contribution in [-0.2, 0) is 14.3 Å². The van der Waals surface area contributed by atoms with Crippen LogP contribution < -0.4 is 0 Å². The second-order valence-corrected chi connectivity index (χ2v) is 11.8. The molecule has 2 bridgehead atoms. The maximum atomic E-state index is 13.8. The summed E-state index contributed by atoms with van der Waals surface area (Å²) in [6, 6.07) is 0. The highest BCUT2D eigenvalue weighted by Gasteiger charge is 2.86. The van der Waals surface area contributed by atoms with Crippen molar-refractivity contribution in [1.82, 2.24) is 0 Å². The molecule has 1 spiro atoms. The highest BCUT2D eigenvalue weighted by atomic mass is 16.6. The molecular formula is C25H32O4. The first-order chi connectivity index (χ1) is 13.5. The lowest BCUT2D eigenvalue weighted by molar-refractivity contribution is -0.148. The molecule has 0 amide bonds. The van der Waals surface area contributed by atoms with E-state index in [1.54, 1.807) is 0 Å². The summed E-state index contributed by atoms with van der Waals surface area (Å²) in [5.41, 5.74) is -1.58. The average molecular weight is 397 g/mol. The Bertz CT molecular complexity index is 914. The van der Waals surface area contributed by atoms with Crippen molar-refractivity contribution >= 4 is 11.8 Å². The van der Waals surface area contributed by atoms with Gasteiger partial charge in [-0.1, -0.05) is 39.5 Å².